The molecule has 0 spiro atoms. The van der Waals surface area contributed by atoms with Crippen molar-refractivity contribution in [2.45, 2.75) is 27.3 Å². The van der Waals surface area contributed by atoms with Crippen LogP contribution in [-0.4, -0.2) is 24.3 Å². The number of nitrogens with zero attached hydrogens (tertiary/aromatic N) is 1. The first-order valence-electron chi connectivity index (χ1n) is 6.79. The maximum Gasteiger partial charge on any atom is 0.176 e. The molecule has 0 saturated carbocycles. The number of Topliss-reactive ketones (excluding diaryl/α,β-unsaturated/α-hetero) is 1. The molecule has 0 aliphatic rings. The van der Waals surface area contributed by atoms with Crippen molar-refractivity contribution >= 4 is 5.78 Å². The summed E-state index contributed by atoms with van der Waals surface area (Å²) in [6.45, 7) is 7.16. The van der Waals surface area contributed by atoms with E-state index in [0.717, 1.165) is 29.0 Å². The summed E-state index contributed by atoms with van der Waals surface area (Å²) < 4.78 is 5.27. The zero-order valence-electron chi connectivity index (χ0n) is 12.6. The topological polar surface area (TPSA) is 33.5 Å². The minimum absolute atomic E-state index is 0.150. The van der Waals surface area contributed by atoms with Gasteiger partial charge in [-0.25, -0.2) is 0 Å². The molecule has 0 unspecified atom stereocenters. The molecule has 3 nitrogen and oxygen atoms in total. The number of carbonyl (C=O) groups is 1. The highest BCUT2D eigenvalue weighted by Crippen LogP contribution is 2.13. The third-order valence-corrected chi connectivity index (χ3v) is 3.65. The second kappa shape index (κ2) is 6.06. The summed E-state index contributed by atoms with van der Waals surface area (Å²) in [4.78, 5) is 14.3. The van der Waals surface area contributed by atoms with Crippen molar-refractivity contribution in [3.8, 4) is 0 Å². The molecule has 1 aromatic carbocycles. The minimum atomic E-state index is 0.150. The fraction of sp³-hybridized carbons (Fsp3) is 0.353. The van der Waals surface area contributed by atoms with Crippen LogP contribution in [0.1, 0.15) is 32.8 Å². The SMILES string of the molecule is Cc1ccc(C(=O)CN(C)Cc2ccoc2C)cc1C. The summed E-state index contributed by atoms with van der Waals surface area (Å²) >= 11 is 0. The Morgan fingerprint density at radius 3 is 2.50 bits per heavy atom. The summed E-state index contributed by atoms with van der Waals surface area (Å²) in [5.41, 5.74) is 4.28. The van der Waals surface area contributed by atoms with Gasteiger partial charge in [0.05, 0.1) is 12.8 Å². The van der Waals surface area contributed by atoms with Crippen LogP contribution >= 0.6 is 0 Å². The number of hydrogen-bond donors (Lipinski definition) is 0. The van der Waals surface area contributed by atoms with Crippen LogP contribution in [0.3, 0.4) is 0 Å². The van der Waals surface area contributed by atoms with Gasteiger partial charge in [0.2, 0.25) is 0 Å². The Labute approximate surface area is 120 Å². The highest BCUT2D eigenvalue weighted by atomic mass is 16.3. The largest absolute Gasteiger partial charge is 0.469 e. The van der Waals surface area contributed by atoms with E-state index in [-0.39, 0.29) is 5.78 Å². The highest BCUT2D eigenvalue weighted by Gasteiger charge is 2.12. The normalized spacial score (nSPS) is 11.1. The molecule has 106 valence electrons. The summed E-state index contributed by atoms with van der Waals surface area (Å²) in [5, 5.41) is 0. The molecule has 0 fully saturated rings. The summed E-state index contributed by atoms with van der Waals surface area (Å²) in [6.07, 6.45) is 1.68. The van der Waals surface area contributed by atoms with Crippen LogP contribution in [0.2, 0.25) is 0 Å². The lowest BCUT2D eigenvalue weighted by atomic mass is 10.0. The second-order valence-corrected chi connectivity index (χ2v) is 5.40. The molecule has 0 amide bonds. The molecule has 1 heterocycles. The fourth-order valence-electron chi connectivity index (χ4n) is 2.17. The Balaban J connectivity index is 2.00. The molecular weight excluding hydrogens is 250 g/mol. The van der Waals surface area contributed by atoms with Crippen molar-refractivity contribution in [2.75, 3.05) is 13.6 Å². The number of aryl methyl sites for hydroxylation is 3. The Morgan fingerprint density at radius 2 is 1.90 bits per heavy atom. The zero-order valence-corrected chi connectivity index (χ0v) is 12.6. The molecule has 0 aliphatic carbocycles. The Kier molecular flexibility index (Phi) is 4.40. The third-order valence-electron chi connectivity index (χ3n) is 3.65. The van der Waals surface area contributed by atoms with Gasteiger partial charge >= 0.3 is 0 Å². The maximum absolute atomic E-state index is 12.3. The van der Waals surface area contributed by atoms with Crippen molar-refractivity contribution in [3.63, 3.8) is 0 Å². The van der Waals surface area contributed by atoms with E-state index in [0.29, 0.717) is 6.54 Å². The number of benzene rings is 1. The molecule has 2 rings (SSSR count). The first kappa shape index (κ1) is 14.5. The average Bonchev–Trinajstić information content (AvgIpc) is 2.78. The summed E-state index contributed by atoms with van der Waals surface area (Å²) in [6, 6.07) is 7.82. The van der Waals surface area contributed by atoms with Gasteiger partial charge < -0.3 is 4.42 Å². The standard InChI is InChI=1S/C17H21NO2/c1-12-5-6-15(9-13(12)2)17(19)11-18(4)10-16-7-8-20-14(16)3/h5-9H,10-11H2,1-4H3. The molecule has 0 atom stereocenters. The van der Waals surface area contributed by atoms with Gasteiger partial charge in [0.15, 0.2) is 5.78 Å². The van der Waals surface area contributed by atoms with Crippen molar-refractivity contribution in [2.24, 2.45) is 0 Å². The molecule has 0 aliphatic heterocycles. The smallest absolute Gasteiger partial charge is 0.176 e. The van der Waals surface area contributed by atoms with E-state index >= 15 is 0 Å². The average molecular weight is 271 g/mol. The predicted octanol–water partition coefficient (Wildman–Crippen LogP) is 3.52. The predicted molar refractivity (Wildman–Crippen MR) is 80.0 cm³/mol. The Morgan fingerprint density at radius 1 is 1.15 bits per heavy atom. The van der Waals surface area contributed by atoms with Crippen LogP contribution in [0.25, 0.3) is 0 Å². The molecule has 1 aromatic heterocycles. The van der Waals surface area contributed by atoms with E-state index in [9.17, 15) is 4.79 Å². The number of rotatable bonds is 5. The number of carbonyl (C=O) groups excluding carboxylic acids is 1. The molecule has 0 bridgehead atoms. The Bertz CT molecular complexity index is 613. The van der Waals surface area contributed by atoms with Crippen LogP contribution in [0.15, 0.2) is 34.9 Å². The Hall–Kier alpha value is -1.87. The molecule has 0 saturated heterocycles. The van der Waals surface area contributed by atoms with E-state index in [1.807, 2.05) is 50.1 Å². The number of hydrogen-bond acceptors (Lipinski definition) is 3. The van der Waals surface area contributed by atoms with Crippen molar-refractivity contribution in [1.29, 1.82) is 0 Å². The van der Waals surface area contributed by atoms with Gasteiger partial charge in [-0.15, -0.1) is 0 Å². The van der Waals surface area contributed by atoms with E-state index in [1.165, 1.54) is 5.56 Å². The van der Waals surface area contributed by atoms with Gasteiger partial charge in [0.1, 0.15) is 5.76 Å². The van der Waals surface area contributed by atoms with Gasteiger partial charge in [0, 0.05) is 17.7 Å². The van der Waals surface area contributed by atoms with Gasteiger partial charge in [-0.2, -0.15) is 0 Å². The molecule has 0 radical (unpaired) electrons. The van der Waals surface area contributed by atoms with Crippen LogP contribution < -0.4 is 0 Å². The lowest BCUT2D eigenvalue weighted by Crippen LogP contribution is -2.25. The van der Waals surface area contributed by atoms with Crippen LogP contribution in [0.5, 0.6) is 0 Å². The van der Waals surface area contributed by atoms with Crippen LogP contribution in [-0.2, 0) is 6.54 Å². The first-order chi connectivity index (χ1) is 9.47. The van der Waals surface area contributed by atoms with E-state index in [2.05, 4.69) is 6.92 Å². The molecule has 20 heavy (non-hydrogen) atoms. The van der Waals surface area contributed by atoms with Gasteiger partial charge in [0.25, 0.3) is 0 Å². The van der Waals surface area contributed by atoms with E-state index in [4.69, 9.17) is 4.42 Å². The second-order valence-electron chi connectivity index (χ2n) is 5.40. The van der Waals surface area contributed by atoms with Crippen molar-refractivity contribution < 1.29 is 9.21 Å². The fourth-order valence-corrected chi connectivity index (χ4v) is 2.17. The monoisotopic (exact) mass is 271 g/mol. The molecule has 2 aromatic rings. The van der Waals surface area contributed by atoms with Crippen molar-refractivity contribution in [3.05, 3.63) is 58.5 Å². The van der Waals surface area contributed by atoms with Gasteiger partial charge in [-0.3, -0.25) is 9.69 Å². The third kappa shape index (κ3) is 3.36. The minimum Gasteiger partial charge on any atom is -0.469 e. The van der Waals surface area contributed by atoms with Crippen molar-refractivity contribution in [1.82, 2.24) is 4.90 Å². The molecular formula is C17H21NO2. The van der Waals surface area contributed by atoms with E-state index < -0.39 is 0 Å². The summed E-state index contributed by atoms with van der Waals surface area (Å²) in [5.74, 6) is 1.06. The maximum atomic E-state index is 12.3. The number of likely N-dealkylation sites (N-methyl/N-ethyl adjacent to an activating group) is 1. The van der Waals surface area contributed by atoms with Gasteiger partial charge in [-0.1, -0.05) is 12.1 Å². The van der Waals surface area contributed by atoms with Gasteiger partial charge in [-0.05, 0) is 51.1 Å². The van der Waals surface area contributed by atoms with Crippen LogP contribution in [0, 0.1) is 20.8 Å². The quantitative estimate of drug-likeness (QED) is 0.780. The lowest BCUT2D eigenvalue weighted by molar-refractivity contribution is 0.0942. The number of furan rings is 1. The zero-order chi connectivity index (χ0) is 14.7. The van der Waals surface area contributed by atoms with Crippen LogP contribution in [0.4, 0.5) is 0 Å². The lowest BCUT2D eigenvalue weighted by Gasteiger charge is -2.15. The van der Waals surface area contributed by atoms with E-state index in [1.54, 1.807) is 6.26 Å². The molecule has 3 heteroatoms. The highest BCUT2D eigenvalue weighted by molar-refractivity contribution is 5.97. The first-order valence-corrected chi connectivity index (χ1v) is 6.79. The summed E-state index contributed by atoms with van der Waals surface area (Å²) in [7, 11) is 1.95. The number of ketones is 1. The molecule has 0 N–H and O–H groups in total.